The van der Waals surface area contributed by atoms with Gasteiger partial charge in [0, 0.05) is 29.1 Å². The van der Waals surface area contributed by atoms with Gasteiger partial charge in [-0.05, 0) is 28.7 Å². The van der Waals surface area contributed by atoms with Crippen LogP contribution >= 0.6 is 11.8 Å². The molecule has 0 bridgehead atoms. The molecule has 0 aliphatic heterocycles. The smallest absolute Gasteiger partial charge is 0.0390 e. The lowest BCUT2D eigenvalue weighted by atomic mass is 9.86. The van der Waals surface area contributed by atoms with Crippen LogP contribution in [-0.4, -0.2) is 10.7 Å². The maximum atomic E-state index is 6.27. The number of nitrogens with zero attached hydrogens (tertiary/aromatic N) is 1. The highest BCUT2D eigenvalue weighted by Gasteiger charge is 2.14. The van der Waals surface area contributed by atoms with Gasteiger partial charge in [-0.15, -0.1) is 11.8 Å². The van der Waals surface area contributed by atoms with Crippen molar-refractivity contribution in [3.63, 3.8) is 0 Å². The SMILES string of the molecule is CC(C)(C)c1ccc(C(N)CSc2ccncc2)cc1. The van der Waals surface area contributed by atoms with Gasteiger partial charge in [0.05, 0.1) is 0 Å². The van der Waals surface area contributed by atoms with Crippen LogP contribution in [-0.2, 0) is 5.41 Å². The van der Waals surface area contributed by atoms with E-state index in [9.17, 15) is 0 Å². The molecule has 1 heterocycles. The van der Waals surface area contributed by atoms with Crippen molar-refractivity contribution in [1.29, 1.82) is 0 Å². The maximum absolute atomic E-state index is 6.27. The van der Waals surface area contributed by atoms with E-state index >= 15 is 0 Å². The molecular weight excluding hydrogens is 264 g/mol. The fraction of sp³-hybridized carbons (Fsp3) is 0.353. The molecule has 1 atom stereocenters. The normalized spacial score (nSPS) is 13.2. The van der Waals surface area contributed by atoms with Gasteiger partial charge in [0.15, 0.2) is 0 Å². The summed E-state index contributed by atoms with van der Waals surface area (Å²) in [5, 5.41) is 0. The summed E-state index contributed by atoms with van der Waals surface area (Å²) in [5.41, 5.74) is 8.99. The summed E-state index contributed by atoms with van der Waals surface area (Å²) < 4.78 is 0. The van der Waals surface area contributed by atoms with Crippen LogP contribution in [0.2, 0.25) is 0 Å². The molecule has 2 rings (SSSR count). The lowest BCUT2D eigenvalue weighted by Crippen LogP contribution is -2.15. The predicted octanol–water partition coefficient (Wildman–Crippen LogP) is 4.17. The van der Waals surface area contributed by atoms with Crippen molar-refractivity contribution in [3.8, 4) is 0 Å². The highest BCUT2D eigenvalue weighted by atomic mass is 32.2. The molecule has 1 unspecified atom stereocenters. The highest BCUT2D eigenvalue weighted by Crippen LogP contribution is 2.26. The molecule has 0 saturated carbocycles. The lowest BCUT2D eigenvalue weighted by molar-refractivity contribution is 0.589. The molecule has 20 heavy (non-hydrogen) atoms. The molecule has 2 N–H and O–H groups in total. The zero-order chi connectivity index (χ0) is 14.6. The second-order valence-corrected chi connectivity index (χ2v) is 7.07. The third kappa shape index (κ3) is 4.09. The fourth-order valence-corrected chi connectivity index (χ4v) is 2.83. The first kappa shape index (κ1) is 15.1. The first-order valence-electron chi connectivity index (χ1n) is 6.85. The zero-order valence-corrected chi connectivity index (χ0v) is 13.2. The summed E-state index contributed by atoms with van der Waals surface area (Å²) in [6.45, 7) is 6.67. The van der Waals surface area contributed by atoms with Crippen LogP contribution < -0.4 is 5.73 Å². The molecule has 2 aromatic rings. The lowest BCUT2D eigenvalue weighted by Gasteiger charge is -2.20. The number of hydrogen-bond acceptors (Lipinski definition) is 3. The van der Waals surface area contributed by atoms with Crippen molar-refractivity contribution in [2.75, 3.05) is 5.75 Å². The maximum Gasteiger partial charge on any atom is 0.0390 e. The fourth-order valence-electron chi connectivity index (χ4n) is 1.95. The molecule has 0 spiro atoms. The minimum atomic E-state index is 0.0576. The van der Waals surface area contributed by atoms with Crippen molar-refractivity contribution in [3.05, 3.63) is 59.9 Å². The van der Waals surface area contributed by atoms with Crippen molar-refractivity contribution in [2.45, 2.75) is 37.1 Å². The molecule has 0 aliphatic rings. The Balaban J connectivity index is 1.97. The van der Waals surface area contributed by atoms with E-state index in [0.717, 1.165) is 5.75 Å². The number of pyridine rings is 1. The van der Waals surface area contributed by atoms with Gasteiger partial charge >= 0.3 is 0 Å². The Morgan fingerprint density at radius 3 is 2.20 bits per heavy atom. The number of nitrogens with two attached hydrogens (primary N) is 1. The van der Waals surface area contributed by atoms with Crippen molar-refractivity contribution in [2.24, 2.45) is 5.73 Å². The van der Waals surface area contributed by atoms with Crippen LogP contribution in [0.3, 0.4) is 0 Å². The molecule has 0 fully saturated rings. The third-order valence-corrected chi connectivity index (χ3v) is 4.42. The topological polar surface area (TPSA) is 38.9 Å². The van der Waals surface area contributed by atoms with Gasteiger partial charge in [-0.25, -0.2) is 0 Å². The summed E-state index contributed by atoms with van der Waals surface area (Å²) in [7, 11) is 0. The molecule has 0 radical (unpaired) electrons. The van der Waals surface area contributed by atoms with E-state index in [2.05, 4.69) is 50.0 Å². The van der Waals surface area contributed by atoms with Crippen LogP contribution in [0.5, 0.6) is 0 Å². The predicted molar refractivity (Wildman–Crippen MR) is 87.0 cm³/mol. The molecule has 2 nitrogen and oxygen atoms in total. The Labute approximate surface area is 125 Å². The Hall–Kier alpha value is -1.32. The molecule has 106 valence electrons. The van der Waals surface area contributed by atoms with Crippen LogP contribution in [0, 0.1) is 0 Å². The molecule has 3 heteroatoms. The molecular formula is C17H22N2S. The van der Waals surface area contributed by atoms with E-state index in [1.807, 2.05) is 24.5 Å². The third-order valence-electron chi connectivity index (χ3n) is 3.28. The molecule has 0 aliphatic carbocycles. The highest BCUT2D eigenvalue weighted by molar-refractivity contribution is 7.99. The Kier molecular flexibility index (Phi) is 4.84. The summed E-state index contributed by atoms with van der Waals surface area (Å²) in [6.07, 6.45) is 3.62. The molecule has 0 saturated heterocycles. The van der Waals surface area contributed by atoms with E-state index in [1.165, 1.54) is 16.0 Å². The Morgan fingerprint density at radius 2 is 1.65 bits per heavy atom. The van der Waals surface area contributed by atoms with E-state index in [4.69, 9.17) is 5.73 Å². The average molecular weight is 286 g/mol. The second kappa shape index (κ2) is 6.42. The Morgan fingerprint density at radius 1 is 1.05 bits per heavy atom. The quantitative estimate of drug-likeness (QED) is 0.857. The van der Waals surface area contributed by atoms with Crippen LogP contribution in [0.1, 0.15) is 37.9 Å². The number of rotatable bonds is 4. The minimum Gasteiger partial charge on any atom is -0.323 e. The van der Waals surface area contributed by atoms with Crippen molar-refractivity contribution >= 4 is 11.8 Å². The average Bonchev–Trinajstić information content (AvgIpc) is 2.45. The molecule has 1 aromatic heterocycles. The summed E-state index contributed by atoms with van der Waals surface area (Å²) in [4.78, 5) is 5.23. The molecule has 1 aromatic carbocycles. The standard InChI is InChI=1S/C17H22N2S/c1-17(2,3)14-6-4-13(5-7-14)16(18)12-20-15-8-10-19-11-9-15/h4-11,16H,12,18H2,1-3H3. The van der Waals surface area contributed by atoms with E-state index in [-0.39, 0.29) is 11.5 Å². The van der Waals surface area contributed by atoms with Crippen molar-refractivity contribution < 1.29 is 0 Å². The second-order valence-electron chi connectivity index (χ2n) is 5.97. The van der Waals surface area contributed by atoms with Crippen LogP contribution in [0.15, 0.2) is 53.7 Å². The van der Waals surface area contributed by atoms with E-state index in [0.29, 0.717) is 0 Å². The van der Waals surface area contributed by atoms with Gasteiger partial charge in [-0.2, -0.15) is 0 Å². The van der Waals surface area contributed by atoms with Gasteiger partial charge in [0.25, 0.3) is 0 Å². The largest absolute Gasteiger partial charge is 0.323 e. The number of benzene rings is 1. The first-order valence-corrected chi connectivity index (χ1v) is 7.84. The van der Waals surface area contributed by atoms with E-state index in [1.54, 1.807) is 11.8 Å². The monoisotopic (exact) mass is 286 g/mol. The number of hydrogen-bond donors (Lipinski definition) is 1. The number of thioether (sulfide) groups is 1. The van der Waals surface area contributed by atoms with Gasteiger partial charge in [0.2, 0.25) is 0 Å². The van der Waals surface area contributed by atoms with Crippen molar-refractivity contribution in [1.82, 2.24) is 4.98 Å². The summed E-state index contributed by atoms with van der Waals surface area (Å²) >= 11 is 1.77. The summed E-state index contributed by atoms with van der Waals surface area (Å²) in [5.74, 6) is 0.874. The minimum absolute atomic E-state index is 0.0576. The van der Waals surface area contributed by atoms with Crippen LogP contribution in [0.25, 0.3) is 0 Å². The molecule has 0 amide bonds. The number of aromatic nitrogens is 1. The van der Waals surface area contributed by atoms with Crippen LogP contribution in [0.4, 0.5) is 0 Å². The first-order chi connectivity index (χ1) is 9.47. The van der Waals surface area contributed by atoms with Gasteiger partial charge < -0.3 is 5.73 Å². The van der Waals surface area contributed by atoms with Gasteiger partial charge in [-0.3, -0.25) is 4.98 Å². The zero-order valence-electron chi connectivity index (χ0n) is 12.3. The van der Waals surface area contributed by atoms with E-state index < -0.39 is 0 Å². The Bertz CT molecular complexity index is 529. The van der Waals surface area contributed by atoms with Gasteiger partial charge in [0.1, 0.15) is 0 Å². The van der Waals surface area contributed by atoms with Gasteiger partial charge in [-0.1, -0.05) is 45.0 Å². The summed E-state index contributed by atoms with van der Waals surface area (Å²) in [6, 6.07) is 12.8.